The quantitative estimate of drug-likeness (QED) is 0.809. The van der Waals surface area contributed by atoms with E-state index in [9.17, 15) is 14.0 Å². The number of amides is 2. The van der Waals surface area contributed by atoms with Gasteiger partial charge in [-0.1, -0.05) is 19.9 Å². The predicted molar refractivity (Wildman–Crippen MR) is 96.2 cm³/mol. The van der Waals surface area contributed by atoms with E-state index in [4.69, 9.17) is 4.74 Å². The molecule has 3 rings (SSSR count). The summed E-state index contributed by atoms with van der Waals surface area (Å²) in [7, 11) is 0. The molecular formula is C20H27FN2O3. The molecular weight excluding hydrogens is 335 g/mol. The van der Waals surface area contributed by atoms with Crippen molar-refractivity contribution in [1.82, 2.24) is 9.80 Å². The molecule has 0 unspecified atom stereocenters. The van der Waals surface area contributed by atoms with Crippen molar-refractivity contribution >= 4 is 11.8 Å². The Morgan fingerprint density at radius 2 is 2.04 bits per heavy atom. The summed E-state index contributed by atoms with van der Waals surface area (Å²) < 4.78 is 18.6. The van der Waals surface area contributed by atoms with Crippen molar-refractivity contribution in [2.24, 2.45) is 11.3 Å². The van der Waals surface area contributed by atoms with E-state index in [0.29, 0.717) is 31.2 Å². The van der Waals surface area contributed by atoms with E-state index in [1.54, 1.807) is 17.0 Å². The van der Waals surface area contributed by atoms with Gasteiger partial charge in [0, 0.05) is 44.1 Å². The SMILES string of the molecule is CC(C)CN1CC2(CCN(C(=O)COc3cccc(F)c3)CC2)CC1=O. The van der Waals surface area contributed by atoms with E-state index in [1.165, 1.54) is 12.1 Å². The smallest absolute Gasteiger partial charge is 0.260 e. The van der Waals surface area contributed by atoms with Gasteiger partial charge in [-0.15, -0.1) is 0 Å². The van der Waals surface area contributed by atoms with Crippen molar-refractivity contribution in [3.05, 3.63) is 30.1 Å². The van der Waals surface area contributed by atoms with Crippen LogP contribution in [0.5, 0.6) is 5.75 Å². The van der Waals surface area contributed by atoms with Crippen LogP contribution in [0.15, 0.2) is 24.3 Å². The highest BCUT2D eigenvalue weighted by Crippen LogP contribution is 2.41. The maximum Gasteiger partial charge on any atom is 0.260 e. The van der Waals surface area contributed by atoms with Gasteiger partial charge in [0.05, 0.1) is 0 Å². The summed E-state index contributed by atoms with van der Waals surface area (Å²) in [5.41, 5.74) is 0.0200. The van der Waals surface area contributed by atoms with Crippen LogP contribution in [0.3, 0.4) is 0 Å². The maximum absolute atomic E-state index is 13.2. The molecule has 2 aliphatic heterocycles. The molecule has 1 aromatic rings. The van der Waals surface area contributed by atoms with E-state index in [2.05, 4.69) is 13.8 Å². The molecule has 1 aromatic carbocycles. The van der Waals surface area contributed by atoms with Crippen molar-refractivity contribution in [3.8, 4) is 5.75 Å². The summed E-state index contributed by atoms with van der Waals surface area (Å²) in [4.78, 5) is 28.4. The van der Waals surface area contributed by atoms with Crippen LogP contribution in [-0.2, 0) is 9.59 Å². The Kier molecular flexibility index (Phi) is 5.49. The van der Waals surface area contributed by atoms with Crippen LogP contribution in [-0.4, -0.2) is 54.4 Å². The third kappa shape index (κ3) is 4.34. The first-order chi connectivity index (χ1) is 12.4. The number of ether oxygens (including phenoxy) is 1. The number of carbonyl (C=O) groups excluding carboxylic acids is 2. The topological polar surface area (TPSA) is 49.9 Å². The Morgan fingerprint density at radius 1 is 1.31 bits per heavy atom. The first kappa shape index (κ1) is 18.7. The Balaban J connectivity index is 1.49. The van der Waals surface area contributed by atoms with Crippen molar-refractivity contribution in [1.29, 1.82) is 0 Å². The number of benzene rings is 1. The lowest BCUT2D eigenvalue weighted by Crippen LogP contribution is -2.46. The Labute approximate surface area is 154 Å². The van der Waals surface area contributed by atoms with Crippen molar-refractivity contribution in [2.75, 3.05) is 32.8 Å². The van der Waals surface area contributed by atoms with Gasteiger partial charge in [-0.3, -0.25) is 9.59 Å². The molecule has 0 bridgehead atoms. The minimum absolute atomic E-state index is 0.0200. The van der Waals surface area contributed by atoms with Gasteiger partial charge < -0.3 is 14.5 Å². The van der Waals surface area contributed by atoms with Crippen LogP contribution in [0.2, 0.25) is 0 Å². The number of halogens is 1. The normalized spacial score (nSPS) is 19.5. The van der Waals surface area contributed by atoms with Crippen LogP contribution in [0.1, 0.15) is 33.1 Å². The lowest BCUT2D eigenvalue weighted by molar-refractivity contribution is -0.135. The second-order valence-electron chi connectivity index (χ2n) is 7.97. The molecule has 2 saturated heterocycles. The van der Waals surface area contributed by atoms with Crippen LogP contribution < -0.4 is 4.74 Å². The zero-order valence-electron chi connectivity index (χ0n) is 15.5. The number of carbonyl (C=O) groups is 2. The maximum atomic E-state index is 13.2. The number of nitrogens with zero attached hydrogens (tertiary/aromatic N) is 2. The van der Waals surface area contributed by atoms with Crippen LogP contribution >= 0.6 is 0 Å². The lowest BCUT2D eigenvalue weighted by Gasteiger charge is -2.38. The molecule has 0 aliphatic carbocycles. The number of rotatable bonds is 5. The molecule has 0 radical (unpaired) electrons. The van der Waals surface area contributed by atoms with E-state index in [0.717, 1.165) is 25.9 Å². The standard InChI is InChI=1S/C20H27FN2O3/c1-15(2)12-23-14-20(11-18(23)24)6-8-22(9-7-20)19(25)13-26-17-5-3-4-16(21)10-17/h3-5,10,15H,6-9,11-14H2,1-2H3. The summed E-state index contributed by atoms with van der Waals surface area (Å²) >= 11 is 0. The summed E-state index contributed by atoms with van der Waals surface area (Å²) in [5.74, 6) is 0.598. The second kappa shape index (κ2) is 7.64. The fraction of sp³-hybridized carbons (Fsp3) is 0.600. The summed E-state index contributed by atoms with van der Waals surface area (Å²) in [6.45, 7) is 7.07. The van der Waals surface area contributed by atoms with Gasteiger partial charge >= 0.3 is 0 Å². The number of piperidine rings is 1. The predicted octanol–water partition coefficient (Wildman–Crippen LogP) is 2.70. The molecule has 142 valence electrons. The molecule has 26 heavy (non-hydrogen) atoms. The van der Waals surface area contributed by atoms with E-state index in [1.807, 2.05) is 4.90 Å². The Bertz CT molecular complexity index is 669. The average molecular weight is 362 g/mol. The minimum Gasteiger partial charge on any atom is -0.484 e. The Morgan fingerprint density at radius 3 is 2.69 bits per heavy atom. The van der Waals surface area contributed by atoms with Gasteiger partial charge in [-0.25, -0.2) is 4.39 Å². The number of hydrogen-bond acceptors (Lipinski definition) is 3. The Hall–Kier alpha value is -2.11. The number of hydrogen-bond donors (Lipinski definition) is 0. The van der Waals surface area contributed by atoms with Gasteiger partial charge in [0.1, 0.15) is 11.6 Å². The molecule has 2 aliphatic rings. The van der Waals surface area contributed by atoms with Gasteiger partial charge in [0.2, 0.25) is 5.91 Å². The molecule has 0 N–H and O–H groups in total. The zero-order valence-corrected chi connectivity index (χ0v) is 15.5. The monoisotopic (exact) mass is 362 g/mol. The summed E-state index contributed by atoms with van der Waals surface area (Å²) in [6.07, 6.45) is 2.29. The number of likely N-dealkylation sites (tertiary alicyclic amines) is 2. The van der Waals surface area contributed by atoms with E-state index < -0.39 is 0 Å². The van der Waals surface area contributed by atoms with E-state index >= 15 is 0 Å². The van der Waals surface area contributed by atoms with Crippen LogP contribution in [0, 0.1) is 17.2 Å². The third-order valence-electron chi connectivity index (χ3n) is 5.33. The second-order valence-corrected chi connectivity index (χ2v) is 7.97. The summed E-state index contributed by atoms with van der Waals surface area (Å²) in [5, 5.41) is 0. The molecule has 2 heterocycles. The van der Waals surface area contributed by atoms with Gasteiger partial charge in [-0.05, 0) is 30.9 Å². The van der Waals surface area contributed by atoms with Crippen molar-refractivity contribution in [2.45, 2.75) is 33.1 Å². The fourth-order valence-electron chi connectivity index (χ4n) is 3.95. The summed E-state index contributed by atoms with van der Waals surface area (Å²) in [6, 6.07) is 5.80. The van der Waals surface area contributed by atoms with Crippen molar-refractivity contribution in [3.63, 3.8) is 0 Å². The largest absolute Gasteiger partial charge is 0.484 e. The highest BCUT2D eigenvalue weighted by Gasteiger charge is 2.45. The fourth-order valence-corrected chi connectivity index (χ4v) is 3.95. The first-order valence-corrected chi connectivity index (χ1v) is 9.31. The molecule has 0 saturated carbocycles. The van der Waals surface area contributed by atoms with Gasteiger partial charge in [-0.2, -0.15) is 0 Å². The van der Waals surface area contributed by atoms with Crippen LogP contribution in [0.4, 0.5) is 4.39 Å². The molecule has 2 fully saturated rings. The van der Waals surface area contributed by atoms with Gasteiger partial charge in [0.25, 0.3) is 5.91 Å². The highest BCUT2D eigenvalue weighted by molar-refractivity contribution is 5.80. The molecule has 0 aromatic heterocycles. The molecule has 6 heteroatoms. The average Bonchev–Trinajstić information content (AvgIpc) is 2.88. The zero-order chi connectivity index (χ0) is 18.7. The lowest BCUT2D eigenvalue weighted by atomic mass is 9.77. The molecule has 1 spiro atoms. The molecule has 2 amide bonds. The van der Waals surface area contributed by atoms with Crippen LogP contribution in [0.25, 0.3) is 0 Å². The minimum atomic E-state index is -0.383. The third-order valence-corrected chi connectivity index (χ3v) is 5.33. The van der Waals surface area contributed by atoms with Gasteiger partial charge in [0.15, 0.2) is 6.61 Å². The van der Waals surface area contributed by atoms with E-state index in [-0.39, 0.29) is 29.7 Å². The van der Waals surface area contributed by atoms with Crippen molar-refractivity contribution < 1.29 is 18.7 Å². The molecule has 5 nitrogen and oxygen atoms in total. The molecule has 0 atom stereocenters. The first-order valence-electron chi connectivity index (χ1n) is 9.31. The highest BCUT2D eigenvalue weighted by atomic mass is 19.1.